The molecule has 1 aromatic carbocycles. The number of furan rings is 1. The van der Waals surface area contributed by atoms with Gasteiger partial charge in [0.15, 0.2) is 10.4 Å². The van der Waals surface area contributed by atoms with E-state index in [4.69, 9.17) is 9.15 Å². The molecule has 0 aliphatic heterocycles. The van der Waals surface area contributed by atoms with Crippen LogP contribution in [0.3, 0.4) is 0 Å². The molecule has 1 aliphatic carbocycles. The van der Waals surface area contributed by atoms with E-state index in [-0.39, 0.29) is 24.3 Å². The Hall–Kier alpha value is -2.28. The van der Waals surface area contributed by atoms with E-state index in [9.17, 15) is 9.59 Å². The number of hydrogen-bond donors (Lipinski definition) is 2. The molecule has 1 saturated carbocycles. The number of halogens is 1. The smallest absolute Gasteiger partial charge is 0.287 e. The molecule has 1 heterocycles. The van der Waals surface area contributed by atoms with Gasteiger partial charge in [-0.3, -0.25) is 9.59 Å². The molecule has 0 saturated heterocycles. The minimum Gasteiger partial charge on any atom is -0.490 e. The van der Waals surface area contributed by atoms with Crippen LogP contribution < -0.4 is 15.4 Å². The van der Waals surface area contributed by atoms with E-state index < -0.39 is 5.91 Å². The number of nitrogens with one attached hydrogen (secondary N) is 2. The van der Waals surface area contributed by atoms with Crippen molar-refractivity contribution in [2.24, 2.45) is 0 Å². The summed E-state index contributed by atoms with van der Waals surface area (Å²) in [5.41, 5.74) is 0.635. The lowest BCUT2D eigenvalue weighted by atomic mass is 10.2. The molecule has 3 rings (SSSR count). The second kappa shape index (κ2) is 8.20. The zero-order valence-corrected chi connectivity index (χ0v) is 15.2. The first-order valence-corrected chi connectivity index (χ1v) is 8.99. The Balaban J connectivity index is 1.49. The van der Waals surface area contributed by atoms with Gasteiger partial charge in [-0.1, -0.05) is 6.07 Å². The third-order valence-electron chi connectivity index (χ3n) is 3.93. The fourth-order valence-corrected chi connectivity index (χ4v) is 3.04. The number of amides is 2. The van der Waals surface area contributed by atoms with E-state index in [1.54, 1.807) is 18.2 Å². The van der Waals surface area contributed by atoms with Crippen LogP contribution in [-0.4, -0.2) is 24.5 Å². The summed E-state index contributed by atoms with van der Waals surface area (Å²) in [5.74, 6) is 0.122. The first kappa shape index (κ1) is 17.5. The molecule has 0 atom stereocenters. The second-order valence-electron chi connectivity index (χ2n) is 5.89. The SMILES string of the molecule is O=C(CNC(=O)c1ccc(Br)o1)Nc1cccc(OC2CCCC2)c1. The maximum atomic E-state index is 12.0. The van der Waals surface area contributed by atoms with E-state index in [2.05, 4.69) is 26.6 Å². The van der Waals surface area contributed by atoms with Crippen LogP contribution in [0.1, 0.15) is 36.2 Å². The summed E-state index contributed by atoms with van der Waals surface area (Å²) in [6, 6.07) is 10.4. The molecular weight excluding hydrogens is 388 g/mol. The molecule has 2 aromatic rings. The van der Waals surface area contributed by atoms with E-state index in [0.29, 0.717) is 10.4 Å². The quantitative estimate of drug-likeness (QED) is 0.765. The van der Waals surface area contributed by atoms with Gasteiger partial charge in [-0.05, 0) is 65.9 Å². The van der Waals surface area contributed by atoms with Gasteiger partial charge in [0, 0.05) is 11.8 Å². The molecule has 6 nitrogen and oxygen atoms in total. The number of carbonyl (C=O) groups is 2. The third-order valence-corrected chi connectivity index (χ3v) is 4.36. The minimum atomic E-state index is -0.445. The van der Waals surface area contributed by atoms with Crippen LogP contribution in [0.15, 0.2) is 45.5 Å². The molecule has 0 bridgehead atoms. The Morgan fingerprint density at radius 1 is 1.20 bits per heavy atom. The number of rotatable bonds is 6. The number of benzene rings is 1. The molecular formula is C18H19BrN2O4. The number of carbonyl (C=O) groups excluding carboxylic acids is 2. The first-order chi connectivity index (χ1) is 12.1. The van der Waals surface area contributed by atoms with Crippen LogP contribution in [0.4, 0.5) is 5.69 Å². The van der Waals surface area contributed by atoms with Gasteiger partial charge < -0.3 is 19.8 Å². The van der Waals surface area contributed by atoms with Crippen molar-refractivity contribution in [3.63, 3.8) is 0 Å². The first-order valence-electron chi connectivity index (χ1n) is 8.20. The highest BCUT2D eigenvalue weighted by atomic mass is 79.9. The molecule has 0 radical (unpaired) electrons. The van der Waals surface area contributed by atoms with E-state index in [1.807, 2.05) is 12.1 Å². The third kappa shape index (κ3) is 5.09. The molecule has 1 fully saturated rings. The summed E-state index contributed by atoms with van der Waals surface area (Å²) in [5, 5.41) is 5.25. The largest absolute Gasteiger partial charge is 0.490 e. The van der Waals surface area contributed by atoms with Gasteiger partial charge in [0.2, 0.25) is 5.91 Å². The molecule has 1 aromatic heterocycles. The highest BCUT2D eigenvalue weighted by Gasteiger charge is 2.17. The summed E-state index contributed by atoms with van der Waals surface area (Å²) in [6.45, 7) is -0.148. The highest BCUT2D eigenvalue weighted by molar-refractivity contribution is 9.10. The van der Waals surface area contributed by atoms with Crippen molar-refractivity contribution in [3.8, 4) is 5.75 Å². The molecule has 1 aliphatic rings. The fourth-order valence-electron chi connectivity index (χ4n) is 2.73. The van der Waals surface area contributed by atoms with Crippen molar-refractivity contribution in [1.29, 1.82) is 0 Å². The summed E-state index contributed by atoms with van der Waals surface area (Å²) < 4.78 is 11.5. The van der Waals surface area contributed by atoms with Crippen molar-refractivity contribution in [1.82, 2.24) is 5.32 Å². The number of hydrogen-bond acceptors (Lipinski definition) is 4. The predicted octanol–water partition coefficient (Wildman–Crippen LogP) is 3.73. The zero-order chi connectivity index (χ0) is 17.6. The molecule has 0 unspecified atom stereocenters. The van der Waals surface area contributed by atoms with Crippen molar-refractivity contribution < 1.29 is 18.7 Å². The molecule has 7 heteroatoms. The number of ether oxygens (including phenoxy) is 1. The normalized spacial score (nSPS) is 14.3. The average Bonchev–Trinajstić information content (AvgIpc) is 3.25. The highest BCUT2D eigenvalue weighted by Crippen LogP contribution is 2.25. The topological polar surface area (TPSA) is 80.6 Å². The van der Waals surface area contributed by atoms with Gasteiger partial charge in [0.25, 0.3) is 5.91 Å². The number of anilines is 1. The van der Waals surface area contributed by atoms with E-state index in [0.717, 1.165) is 18.6 Å². The van der Waals surface area contributed by atoms with Crippen LogP contribution in [0, 0.1) is 0 Å². The molecule has 0 spiro atoms. The summed E-state index contributed by atoms with van der Waals surface area (Å²) >= 11 is 3.12. The summed E-state index contributed by atoms with van der Waals surface area (Å²) in [7, 11) is 0. The zero-order valence-electron chi connectivity index (χ0n) is 13.6. The Bertz CT molecular complexity index is 753. The molecule has 2 amide bonds. The average molecular weight is 407 g/mol. The van der Waals surface area contributed by atoms with Crippen molar-refractivity contribution in [2.75, 3.05) is 11.9 Å². The lowest BCUT2D eigenvalue weighted by Crippen LogP contribution is -2.32. The van der Waals surface area contributed by atoms with Crippen LogP contribution in [-0.2, 0) is 4.79 Å². The molecule has 2 N–H and O–H groups in total. The maximum Gasteiger partial charge on any atom is 0.287 e. The second-order valence-corrected chi connectivity index (χ2v) is 6.67. The van der Waals surface area contributed by atoms with Crippen molar-refractivity contribution in [2.45, 2.75) is 31.8 Å². The predicted molar refractivity (Wildman–Crippen MR) is 96.7 cm³/mol. The Morgan fingerprint density at radius 2 is 2.00 bits per heavy atom. The van der Waals surface area contributed by atoms with Gasteiger partial charge in [-0.25, -0.2) is 0 Å². The lowest BCUT2D eigenvalue weighted by Gasteiger charge is -2.14. The Kier molecular flexibility index (Phi) is 5.75. The van der Waals surface area contributed by atoms with Crippen molar-refractivity contribution >= 4 is 33.4 Å². The van der Waals surface area contributed by atoms with Gasteiger partial charge in [0.05, 0.1) is 12.6 Å². The van der Waals surface area contributed by atoms with Gasteiger partial charge in [0.1, 0.15) is 5.75 Å². The van der Waals surface area contributed by atoms with Gasteiger partial charge in [-0.2, -0.15) is 0 Å². The van der Waals surface area contributed by atoms with Crippen LogP contribution in [0.2, 0.25) is 0 Å². The monoisotopic (exact) mass is 406 g/mol. The summed E-state index contributed by atoms with van der Waals surface area (Å²) in [4.78, 5) is 23.8. The van der Waals surface area contributed by atoms with Gasteiger partial charge >= 0.3 is 0 Å². The van der Waals surface area contributed by atoms with E-state index >= 15 is 0 Å². The Morgan fingerprint density at radius 3 is 2.72 bits per heavy atom. The fraction of sp³-hybridized carbons (Fsp3) is 0.333. The van der Waals surface area contributed by atoms with E-state index in [1.165, 1.54) is 18.9 Å². The molecule has 25 heavy (non-hydrogen) atoms. The van der Waals surface area contributed by atoms with Gasteiger partial charge in [-0.15, -0.1) is 0 Å². The minimum absolute atomic E-state index is 0.145. The van der Waals surface area contributed by atoms with Crippen LogP contribution in [0.25, 0.3) is 0 Å². The van der Waals surface area contributed by atoms with Crippen LogP contribution >= 0.6 is 15.9 Å². The lowest BCUT2D eigenvalue weighted by molar-refractivity contribution is -0.115. The van der Waals surface area contributed by atoms with Crippen LogP contribution in [0.5, 0.6) is 5.75 Å². The Labute approximate surface area is 154 Å². The molecule has 132 valence electrons. The summed E-state index contributed by atoms with van der Waals surface area (Å²) in [6.07, 6.45) is 4.81. The maximum absolute atomic E-state index is 12.0. The standard InChI is InChI=1S/C18H19BrN2O4/c19-16-9-8-15(25-16)18(23)20-11-17(22)21-12-4-3-7-14(10-12)24-13-5-1-2-6-13/h3-4,7-10,13H,1-2,5-6,11H2,(H,20,23)(H,21,22). The van der Waals surface area contributed by atoms with Crippen molar-refractivity contribution in [3.05, 3.63) is 46.8 Å².